The van der Waals surface area contributed by atoms with Crippen molar-refractivity contribution >= 4 is 11.6 Å². The average Bonchev–Trinajstić information content (AvgIpc) is 2.59. The predicted octanol–water partition coefficient (Wildman–Crippen LogP) is 2.61. The fourth-order valence-electron chi connectivity index (χ4n) is 2.66. The molecule has 4 nitrogen and oxygen atoms in total. The molecular formula is C13H22N4. The Kier molecular flexibility index (Phi) is 3.22. The summed E-state index contributed by atoms with van der Waals surface area (Å²) in [5, 5.41) is 3.56. The van der Waals surface area contributed by atoms with Gasteiger partial charge in [0.1, 0.15) is 18.0 Å². The van der Waals surface area contributed by atoms with Gasteiger partial charge in [0.2, 0.25) is 0 Å². The zero-order valence-corrected chi connectivity index (χ0v) is 11.0. The van der Waals surface area contributed by atoms with Crippen molar-refractivity contribution in [2.45, 2.75) is 52.5 Å². The lowest BCUT2D eigenvalue weighted by molar-refractivity contribution is 0.349. The third kappa shape index (κ3) is 2.35. The maximum atomic E-state index is 5.88. The largest absolute Gasteiger partial charge is 0.383 e. The van der Waals surface area contributed by atoms with Crippen LogP contribution in [0.15, 0.2) is 6.33 Å². The molecule has 4 heteroatoms. The van der Waals surface area contributed by atoms with E-state index in [0.717, 1.165) is 17.8 Å². The highest BCUT2D eigenvalue weighted by molar-refractivity contribution is 5.55. The van der Waals surface area contributed by atoms with Gasteiger partial charge in [-0.1, -0.05) is 27.2 Å². The van der Waals surface area contributed by atoms with E-state index in [0.29, 0.717) is 17.3 Å². The lowest BCUT2D eigenvalue weighted by atomic mass is 9.87. The lowest BCUT2D eigenvalue weighted by Crippen LogP contribution is -2.31. The lowest BCUT2D eigenvalue weighted by Gasteiger charge is -2.29. The molecule has 1 unspecified atom stereocenters. The van der Waals surface area contributed by atoms with Gasteiger partial charge in [-0.25, -0.2) is 9.97 Å². The first-order valence-corrected chi connectivity index (χ1v) is 6.40. The van der Waals surface area contributed by atoms with E-state index in [1.165, 1.54) is 19.3 Å². The molecule has 1 aromatic rings. The number of hydrogen-bond donors (Lipinski definition) is 2. The molecule has 1 heterocycles. The van der Waals surface area contributed by atoms with Crippen LogP contribution in [0.1, 0.15) is 45.6 Å². The zero-order valence-electron chi connectivity index (χ0n) is 11.0. The molecule has 3 N–H and O–H groups in total. The first-order chi connectivity index (χ1) is 8.04. The second-order valence-corrected chi connectivity index (χ2v) is 5.52. The number of nitrogens with zero attached hydrogens (tertiary/aromatic N) is 2. The molecule has 1 atom stereocenters. The van der Waals surface area contributed by atoms with E-state index in [2.05, 4.69) is 36.1 Å². The molecule has 1 aliphatic rings. The van der Waals surface area contributed by atoms with E-state index < -0.39 is 0 Å². The number of aromatic nitrogens is 2. The second kappa shape index (κ2) is 4.51. The summed E-state index contributed by atoms with van der Waals surface area (Å²) in [7, 11) is 0. The Labute approximate surface area is 103 Å². The molecule has 0 radical (unpaired) electrons. The van der Waals surface area contributed by atoms with Crippen molar-refractivity contribution in [2.24, 2.45) is 5.41 Å². The van der Waals surface area contributed by atoms with Crippen LogP contribution < -0.4 is 11.1 Å². The molecule has 1 fully saturated rings. The van der Waals surface area contributed by atoms with Gasteiger partial charge in [0.25, 0.3) is 0 Å². The van der Waals surface area contributed by atoms with Crippen LogP contribution in [-0.4, -0.2) is 16.0 Å². The van der Waals surface area contributed by atoms with Crippen LogP contribution in [0.5, 0.6) is 0 Å². The molecule has 1 saturated carbocycles. The number of nitrogen functional groups attached to an aromatic ring is 1. The molecule has 0 bridgehead atoms. The smallest absolute Gasteiger partial charge is 0.134 e. The van der Waals surface area contributed by atoms with Gasteiger partial charge in [0.05, 0.1) is 0 Å². The fraction of sp³-hybridized carbons (Fsp3) is 0.692. The van der Waals surface area contributed by atoms with Crippen molar-refractivity contribution in [1.82, 2.24) is 9.97 Å². The minimum Gasteiger partial charge on any atom is -0.383 e. The van der Waals surface area contributed by atoms with E-state index in [9.17, 15) is 0 Å². The molecule has 0 saturated heterocycles. The summed E-state index contributed by atoms with van der Waals surface area (Å²) in [5.74, 6) is 1.51. The van der Waals surface area contributed by atoms with Crippen LogP contribution in [0.3, 0.4) is 0 Å². The van der Waals surface area contributed by atoms with Crippen LogP contribution >= 0.6 is 0 Å². The van der Waals surface area contributed by atoms with Gasteiger partial charge in [-0.05, 0) is 24.7 Å². The van der Waals surface area contributed by atoms with E-state index in [-0.39, 0.29) is 0 Å². The third-order valence-electron chi connectivity index (χ3n) is 3.90. The summed E-state index contributed by atoms with van der Waals surface area (Å²) in [6.07, 6.45) is 6.17. The Morgan fingerprint density at radius 1 is 1.47 bits per heavy atom. The summed E-state index contributed by atoms with van der Waals surface area (Å²) >= 11 is 0. The predicted molar refractivity (Wildman–Crippen MR) is 70.9 cm³/mol. The molecule has 17 heavy (non-hydrogen) atoms. The topological polar surface area (TPSA) is 63.8 Å². The summed E-state index contributed by atoms with van der Waals surface area (Å²) in [6.45, 7) is 6.71. The van der Waals surface area contributed by atoms with E-state index in [1.807, 2.05) is 0 Å². The van der Waals surface area contributed by atoms with Gasteiger partial charge in [0, 0.05) is 11.6 Å². The Morgan fingerprint density at radius 2 is 2.24 bits per heavy atom. The number of hydrogen-bond acceptors (Lipinski definition) is 4. The Morgan fingerprint density at radius 3 is 2.82 bits per heavy atom. The number of anilines is 2. The number of nitrogens with two attached hydrogens (primary N) is 1. The molecule has 0 aliphatic heterocycles. The first kappa shape index (κ1) is 12.1. The van der Waals surface area contributed by atoms with Crippen molar-refractivity contribution in [1.29, 1.82) is 0 Å². The third-order valence-corrected chi connectivity index (χ3v) is 3.90. The molecule has 2 rings (SSSR count). The van der Waals surface area contributed by atoms with Crippen LogP contribution in [0, 0.1) is 5.41 Å². The molecule has 1 aromatic heterocycles. The number of rotatable bonds is 3. The molecular weight excluding hydrogens is 212 g/mol. The van der Waals surface area contributed by atoms with E-state index in [1.54, 1.807) is 6.33 Å². The molecule has 0 amide bonds. The van der Waals surface area contributed by atoms with E-state index in [4.69, 9.17) is 5.73 Å². The molecule has 94 valence electrons. The molecule has 1 aliphatic carbocycles. The minimum atomic E-state index is 0.338. The van der Waals surface area contributed by atoms with Gasteiger partial charge in [-0.3, -0.25) is 0 Å². The van der Waals surface area contributed by atoms with Crippen LogP contribution in [0.2, 0.25) is 0 Å². The maximum absolute atomic E-state index is 5.88. The summed E-state index contributed by atoms with van der Waals surface area (Å²) in [6, 6.07) is 0.488. The van der Waals surface area contributed by atoms with Gasteiger partial charge >= 0.3 is 0 Å². The highest BCUT2D eigenvalue weighted by Crippen LogP contribution is 2.39. The fourth-order valence-corrected chi connectivity index (χ4v) is 2.66. The van der Waals surface area contributed by atoms with E-state index >= 15 is 0 Å². The highest BCUT2D eigenvalue weighted by atomic mass is 15.1. The van der Waals surface area contributed by atoms with Crippen molar-refractivity contribution in [2.75, 3.05) is 11.1 Å². The van der Waals surface area contributed by atoms with Gasteiger partial charge in [-0.15, -0.1) is 0 Å². The summed E-state index contributed by atoms with van der Waals surface area (Å²) in [5.41, 5.74) is 7.26. The quantitative estimate of drug-likeness (QED) is 0.843. The van der Waals surface area contributed by atoms with Crippen LogP contribution in [0.4, 0.5) is 11.6 Å². The molecule has 0 aromatic carbocycles. The first-order valence-electron chi connectivity index (χ1n) is 6.40. The van der Waals surface area contributed by atoms with Crippen molar-refractivity contribution < 1.29 is 0 Å². The number of nitrogens with one attached hydrogen (secondary N) is 1. The summed E-state index contributed by atoms with van der Waals surface area (Å²) < 4.78 is 0. The standard InChI is InChI=1S/C13H22N4/c1-4-9-11(14)15-8-16-12(9)17-10-6-5-7-13(10,2)3/h8,10H,4-7H2,1-3H3,(H3,14,15,16,17). The van der Waals surface area contributed by atoms with Gasteiger partial charge in [-0.2, -0.15) is 0 Å². The Hall–Kier alpha value is -1.32. The maximum Gasteiger partial charge on any atom is 0.134 e. The SMILES string of the molecule is CCc1c(N)ncnc1NC1CCCC1(C)C. The van der Waals surface area contributed by atoms with Crippen molar-refractivity contribution in [3.05, 3.63) is 11.9 Å². The van der Waals surface area contributed by atoms with Gasteiger partial charge in [0.15, 0.2) is 0 Å². The average molecular weight is 234 g/mol. The Bertz CT molecular complexity index is 400. The minimum absolute atomic E-state index is 0.338. The monoisotopic (exact) mass is 234 g/mol. The van der Waals surface area contributed by atoms with Gasteiger partial charge < -0.3 is 11.1 Å². The van der Waals surface area contributed by atoms with Crippen LogP contribution in [-0.2, 0) is 6.42 Å². The van der Waals surface area contributed by atoms with Crippen LogP contribution in [0.25, 0.3) is 0 Å². The summed E-state index contributed by atoms with van der Waals surface area (Å²) in [4.78, 5) is 8.39. The normalized spacial score (nSPS) is 22.6. The second-order valence-electron chi connectivity index (χ2n) is 5.52. The zero-order chi connectivity index (χ0) is 12.5. The molecule has 0 spiro atoms. The van der Waals surface area contributed by atoms with Crippen molar-refractivity contribution in [3.8, 4) is 0 Å². The van der Waals surface area contributed by atoms with Crippen molar-refractivity contribution in [3.63, 3.8) is 0 Å². The highest BCUT2D eigenvalue weighted by Gasteiger charge is 2.34. The Balaban J connectivity index is 2.21.